The Balaban J connectivity index is 1.22. The summed E-state index contributed by atoms with van der Waals surface area (Å²) in [7, 11) is 0. The molecular weight excluding hydrogens is 424 g/mol. The van der Waals surface area contributed by atoms with E-state index < -0.39 is 0 Å². The molecule has 5 rings (SSSR count). The lowest BCUT2D eigenvalue weighted by Crippen LogP contribution is -2.26. The molecule has 1 amide bonds. The number of nitrogens with one attached hydrogen (secondary N) is 1. The van der Waals surface area contributed by atoms with E-state index in [-0.39, 0.29) is 16.6 Å². The van der Waals surface area contributed by atoms with Gasteiger partial charge < -0.3 is 14.8 Å². The second-order valence-electron chi connectivity index (χ2n) is 7.92. The van der Waals surface area contributed by atoms with Crippen LogP contribution in [-0.2, 0) is 13.1 Å². The zero-order chi connectivity index (χ0) is 21.9. The first-order valence-electron chi connectivity index (χ1n) is 10.7. The molecular formula is C24H23ClN6O. The molecule has 0 aliphatic carbocycles. The summed E-state index contributed by atoms with van der Waals surface area (Å²) in [4.78, 5) is 27.9. The molecule has 7 nitrogen and oxygen atoms in total. The monoisotopic (exact) mass is 446 g/mol. The number of imidazole rings is 1. The van der Waals surface area contributed by atoms with Crippen LogP contribution in [0, 0.1) is 0 Å². The SMILES string of the molecule is O=C(NCc1ccc(Cn2cnc3ccccc32)cc1)c1nc(N2CCCC2)ncc1Cl. The van der Waals surface area contributed by atoms with Gasteiger partial charge in [0.15, 0.2) is 5.69 Å². The van der Waals surface area contributed by atoms with Gasteiger partial charge >= 0.3 is 0 Å². The van der Waals surface area contributed by atoms with Crippen LogP contribution in [-0.4, -0.2) is 38.5 Å². The van der Waals surface area contributed by atoms with Crippen molar-refractivity contribution >= 4 is 34.5 Å². The van der Waals surface area contributed by atoms with E-state index in [1.54, 1.807) is 0 Å². The minimum atomic E-state index is -0.299. The number of anilines is 1. The van der Waals surface area contributed by atoms with E-state index in [2.05, 4.69) is 47.9 Å². The molecule has 0 spiro atoms. The van der Waals surface area contributed by atoms with Crippen LogP contribution in [0.5, 0.6) is 0 Å². The maximum Gasteiger partial charge on any atom is 0.271 e. The van der Waals surface area contributed by atoms with Gasteiger partial charge in [0.05, 0.1) is 28.6 Å². The average molecular weight is 447 g/mol. The third-order valence-electron chi connectivity index (χ3n) is 5.69. The molecule has 2 aromatic carbocycles. The Kier molecular flexibility index (Phi) is 5.73. The number of carbonyl (C=O) groups is 1. The predicted octanol–water partition coefficient (Wildman–Crippen LogP) is 4.06. The molecule has 32 heavy (non-hydrogen) atoms. The Morgan fingerprint density at radius 3 is 2.56 bits per heavy atom. The standard InChI is InChI=1S/C24H23ClN6O/c25-19-14-27-24(30-11-3-4-12-30)29-22(19)23(32)26-13-17-7-9-18(10-8-17)15-31-16-28-20-5-1-2-6-21(20)31/h1-2,5-10,14,16H,3-4,11-13,15H2,(H,26,32). The van der Waals surface area contributed by atoms with Crippen LogP contribution in [0.2, 0.25) is 5.02 Å². The third-order valence-corrected chi connectivity index (χ3v) is 5.97. The molecule has 1 fully saturated rings. The van der Waals surface area contributed by atoms with Gasteiger partial charge in [0.2, 0.25) is 5.95 Å². The number of para-hydroxylation sites is 2. The van der Waals surface area contributed by atoms with E-state index in [0.29, 0.717) is 12.5 Å². The summed E-state index contributed by atoms with van der Waals surface area (Å²) in [6.45, 7) is 2.95. The van der Waals surface area contributed by atoms with Crippen molar-refractivity contribution in [2.24, 2.45) is 0 Å². The van der Waals surface area contributed by atoms with Crippen molar-refractivity contribution in [1.29, 1.82) is 0 Å². The van der Waals surface area contributed by atoms with Crippen LogP contribution in [0.15, 0.2) is 61.1 Å². The highest BCUT2D eigenvalue weighted by Crippen LogP contribution is 2.20. The van der Waals surface area contributed by atoms with E-state index in [1.165, 1.54) is 6.20 Å². The molecule has 4 aromatic rings. The van der Waals surface area contributed by atoms with Crippen LogP contribution in [0.25, 0.3) is 11.0 Å². The zero-order valence-corrected chi connectivity index (χ0v) is 18.3. The Morgan fingerprint density at radius 2 is 1.75 bits per heavy atom. The lowest BCUT2D eigenvalue weighted by molar-refractivity contribution is 0.0946. The van der Waals surface area contributed by atoms with Crippen molar-refractivity contribution in [2.45, 2.75) is 25.9 Å². The molecule has 1 N–H and O–H groups in total. The molecule has 0 atom stereocenters. The molecule has 0 saturated carbocycles. The molecule has 0 radical (unpaired) electrons. The van der Waals surface area contributed by atoms with Gasteiger partial charge in [0.1, 0.15) is 0 Å². The molecule has 3 heterocycles. The van der Waals surface area contributed by atoms with Crippen LogP contribution in [0.3, 0.4) is 0 Å². The highest BCUT2D eigenvalue weighted by atomic mass is 35.5. The van der Waals surface area contributed by atoms with Crippen LogP contribution >= 0.6 is 11.6 Å². The summed E-state index contributed by atoms with van der Waals surface area (Å²) < 4.78 is 2.13. The first-order valence-corrected chi connectivity index (χ1v) is 11.1. The van der Waals surface area contributed by atoms with Crippen LogP contribution < -0.4 is 10.2 Å². The van der Waals surface area contributed by atoms with Crippen LogP contribution in [0.4, 0.5) is 5.95 Å². The number of hydrogen-bond donors (Lipinski definition) is 1. The van der Waals surface area contributed by atoms with E-state index in [1.807, 2.05) is 36.7 Å². The molecule has 1 aliphatic heterocycles. The largest absolute Gasteiger partial charge is 0.347 e. The van der Waals surface area contributed by atoms with Gasteiger partial charge in [-0.25, -0.2) is 15.0 Å². The van der Waals surface area contributed by atoms with Crippen LogP contribution in [0.1, 0.15) is 34.5 Å². The van der Waals surface area contributed by atoms with Gasteiger partial charge in [-0.05, 0) is 36.1 Å². The van der Waals surface area contributed by atoms with E-state index in [0.717, 1.165) is 54.6 Å². The van der Waals surface area contributed by atoms with Gasteiger partial charge in [-0.2, -0.15) is 0 Å². The smallest absolute Gasteiger partial charge is 0.271 e. The number of rotatable bonds is 6. The van der Waals surface area contributed by atoms with E-state index in [9.17, 15) is 4.79 Å². The van der Waals surface area contributed by atoms with Crippen molar-refractivity contribution in [2.75, 3.05) is 18.0 Å². The maximum atomic E-state index is 12.7. The van der Waals surface area contributed by atoms with E-state index in [4.69, 9.17) is 11.6 Å². The van der Waals surface area contributed by atoms with Crippen molar-refractivity contribution < 1.29 is 4.79 Å². The summed E-state index contributed by atoms with van der Waals surface area (Å²) in [6, 6.07) is 16.3. The van der Waals surface area contributed by atoms with E-state index >= 15 is 0 Å². The fourth-order valence-corrected chi connectivity index (χ4v) is 4.12. The third kappa shape index (κ3) is 4.29. The summed E-state index contributed by atoms with van der Waals surface area (Å²) in [6.07, 6.45) is 5.59. The normalized spacial score (nSPS) is 13.6. The lowest BCUT2D eigenvalue weighted by Gasteiger charge is -2.16. The number of benzene rings is 2. The Bertz CT molecular complexity index is 1250. The molecule has 2 aromatic heterocycles. The zero-order valence-electron chi connectivity index (χ0n) is 17.5. The summed E-state index contributed by atoms with van der Waals surface area (Å²) >= 11 is 6.20. The number of nitrogens with zero attached hydrogens (tertiary/aromatic N) is 5. The fourth-order valence-electron chi connectivity index (χ4n) is 3.95. The molecule has 0 bridgehead atoms. The van der Waals surface area contributed by atoms with Gasteiger partial charge in [-0.1, -0.05) is 48.0 Å². The quantitative estimate of drug-likeness (QED) is 0.483. The highest BCUT2D eigenvalue weighted by Gasteiger charge is 2.19. The number of amides is 1. The Morgan fingerprint density at radius 1 is 1.00 bits per heavy atom. The average Bonchev–Trinajstić information content (AvgIpc) is 3.50. The molecule has 162 valence electrons. The number of aromatic nitrogens is 4. The first kappa shape index (κ1) is 20.5. The summed E-state index contributed by atoms with van der Waals surface area (Å²) in [5.74, 6) is 0.264. The number of hydrogen-bond acceptors (Lipinski definition) is 5. The van der Waals surface area contributed by atoms with Gasteiger partial charge in [-0.15, -0.1) is 0 Å². The van der Waals surface area contributed by atoms with Crippen molar-refractivity contribution in [3.05, 3.63) is 82.9 Å². The van der Waals surface area contributed by atoms with Gasteiger partial charge in [-0.3, -0.25) is 4.79 Å². The number of fused-ring (bicyclic) bond motifs is 1. The van der Waals surface area contributed by atoms with Gasteiger partial charge in [0, 0.05) is 26.2 Å². The molecule has 0 unspecified atom stereocenters. The second kappa shape index (κ2) is 8.96. The van der Waals surface area contributed by atoms with Crippen molar-refractivity contribution in [3.63, 3.8) is 0 Å². The molecule has 1 saturated heterocycles. The van der Waals surface area contributed by atoms with Crippen molar-refractivity contribution in [1.82, 2.24) is 24.8 Å². The van der Waals surface area contributed by atoms with Gasteiger partial charge in [0.25, 0.3) is 5.91 Å². The highest BCUT2D eigenvalue weighted by molar-refractivity contribution is 6.33. The minimum absolute atomic E-state index is 0.215. The first-order chi connectivity index (χ1) is 15.7. The van der Waals surface area contributed by atoms with Crippen molar-refractivity contribution in [3.8, 4) is 0 Å². The maximum absolute atomic E-state index is 12.7. The minimum Gasteiger partial charge on any atom is -0.347 e. The number of halogens is 1. The Hall–Kier alpha value is -3.45. The molecule has 1 aliphatic rings. The topological polar surface area (TPSA) is 75.9 Å². The second-order valence-corrected chi connectivity index (χ2v) is 8.33. The lowest BCUT2D eigenvalue weighted by atomic mass is 10.1. The summed E-state index contributed by atoms with van der Waals surface area (Å²) in [5.41, 5.74) is 4.48. The fraction of sp³-hybridized carbons (Fsp3) is 0.250. The summed E-state index contributed by atoms with van der Waals surface area (Å²) in [5, 5.41) is 3.17. The predicted molar refractivity (Wildman–Crippen MR) is 125 cm³/mol. The Labute approximate surface area is 191 Å². The number of carbonyl (C=O) groups excluding carboxylic acids is 1. The molecule has 8 heteroatoms.